The van der Waals surface area contributed by atoms with E-state index in [-0.39, 0.29) is 12.6 Å². The van der Waals surface area contributed by atoms with Gasteiger partial charge in [0.2, 0.25) is 0 Å². The third-order valence-electron chi connectivity index (χ3n) is 5.12. The van der Waals surface area contributed by atoms with Crippen molar-refractivity contribution < 1.29 is 9.13 Å². The highest BCUT2D eigenvalue weighted by Crippen LogP contribution is 2.30. The van der Waals surface area contributed by atoms with Gasteiger partial charge in [-0.15, -0.1) is 5.10 Å². The Bertz CT molecular complexity index is 1120. The number of morpholine rings is 1. The molecule has 0 spiro atoms. The van der Waals surface area contributed by atoms with E-state index in [2.05, 4.69) is 32.1 Å². The second-order valence-corrected chi connectivity index (χ2v) is 7.04. The monoisotopic (exact) mass is 396 g/mol. The molecular weight excluding hydrogens is 375 g/mol. The summed E-state index contributed by atoms with van der Waals surface area (Å²) in [6.07, 6.45) is 5.25. The molecule has 0 saturated carbocycles. The number of nitrogens with zero attached hydrogens (tertiary/aromatic N) is 7. The second-order valence-electron chi connectivity index (χ2n) is 7.04. The maximum atomic E-state index is 12.7. The van der Waals surface area contributed by atoms with E-state index in [0.717, 1.165) is 34.8 Å². The molecule has 1 N–H and O–H groups in total. The number of rotatable bonds is 5. The molecular formula is C19H21FN8O. The van der Waals surface area contributed by atoms with Crippen LogP contribution in [0, 0.1) is 0 Å². The number of aromatic nitrogens is 7. The first kappa shape index (κ1) is 17.8. The number of anilines is 1. The van der Waals surface area contributed by atoms with Crippen LogP contribution in [0.1, 0.15) is 6.92 Å². The van der Waals surface area contributed by atoms with Crippen molar-refractivity contribution in [2.75, 3.05) is 31.3 Å². The fourth-order valence-electron chi connectivity index (χ4n) is 3.66. The molecule has 1 atom stereocenters. The van der Waals surface area contributed by atoms with Crippen LogP contribution >= 0.6 is 0 Å². The van der Waals surface area contributed by atoms with E-state index in [4.69, 9.17) is 9.84 Å². The number of hydrogen-bond donors (Lipinski definition) is 1. The number of aromatic amines is 1. The van der Waals surface area contributed by atoms with Gasteiger partial charge in [0.15, 0.2) is 11.6 Å². The molecule has 10 heteroatoms. The molecule has 9 nitrogen and oxygen atoms in total. The highest BCUT2D eigenvalue weighted by Gasteiger charge is 2.24. The van der Waals surface area contributed by atoms with Gasteiger partial charge in [0.1, 0.15) is 12.4 Å². The van der Waals surface area contributed by atoms with Gasteiger partial charge in [0, 0.05) is 24.5 Å². The standard InChI is InChI=1S/C19H21FN8O/c1-13-12-29-9-8-27(13)18-10-14(15-3-6-26(24-15)7-4-20)17-11-21-19(28(17)25-18)16-2-5-22-23-16/h2-3,5-6,10-11,13H,4,7-9,12H2,1H3,(H,22,23). The maximum Gasteiger partial charge on any atom is 0.179 e. The van der Waals surface area contributed by atoms with Gasteiger partial charge in [0.25, 0.3) is 0 Å². The molecule has 1 aliphatic rings. The molecule has 0 aliphatic carbocycles. The Balaban J connectivity index is 1.69. The summed E-state index contributed by atoms with van der Waals surface area (Å²) in [7, 11) is 0. The molecule has 150 valence electrons. The highest BCUT2D eigenvalue weighted by atomic mass is 19.1. The quantitative estimate of drug-likeness (QED) is 0.556. The smallest absolute Gasteiger partial charge is 0.179 e. The summed E-state index contributed by atoms with van der Waals surface area (Å²) in [6, 6.07) is 5.97. The zero-order valence-corrected chi connectivity index (χ0v) is 16.0. The second kappa shape index (κ2) is 7.28. The van der Waals surface area contributed by atoms with Crippen molar-refractivity contribution in [2.24, 2.45) is 0 Å². The van der Waals surface area contributed by atoms with Crippen molar-refractivity contribution in [3.05, 3.63) is 36.8 Å². The van der Waals surface area contributed by atoms with Crippen LogP contribution in [0.3, 0.4) is 0 Å². The van der Waals surface area contributed by atoms with E-state index in [1.807, 2.05) is 22.7 Å². The lowest BCUT2D eigenvalue weighted by Crippen LogP contribution is -2.44. The number of halogens is 1. The topological polar surface area (TPSA) is 89.2 Å². The van der Waals surface area contributed by atoms with Crippen LogP contribution in [0.4, 0.5) is 10.2 Å². The Kier molecular flexibility index (Phi) is 4.47. The van der Waals surface area contributed by atoms with Gasteiger partial charge < -0.3 is 9.64 Å². The lowest BCUT2D eigenvalue weighted by molar-refractivity contribution is 0.0984. The van der Waals surface area contributed by atoms with Crippen LogP contribution < -0.4 is 4.90 Å². The number of fused-ring (bicyclic) bond motifs is 1. The maximum absolute atomic E-state index is 12.7. The van der Waals surface area contributed by atoms with Crippen LogP contribution in [0.25, 0.3) is 28.3 Å². The number of H-pyrrole nitrogens is 1. The van der Waals surface area contributed by atoms with E-state index in [1.54, 1.807) is 23.3 Å². The predicted molar refractivity (Wildman–Crippen MR) is 105 cm³/mol. The minimum absolute atomic E-state index is 0.199. The largest absolute Gasteiger partial charge is 0.377 e. The van der Waals surface area contributed by atoms with Crippen molar-refractivity contribution in [3.8, 4) is 22.8 Å². The number of imidazole rings is 1. The zero-order chi connectivity index (χ0) is 19.8. The van der Waals surface area contributed by atoms with Crippen molar-refractivity contribution >= 4 is 11.3 Å². The average Bonchev–Trinajstić information content (AvgIpc) is 3.48. The summed E-state index contributed by atoms with van der Waals surface area (Å²) >= 11 is 0. The van der Waals surface area contributed by atoms with Crippen LogP contribution in [0.5, 0.6) is 0 Å². The van der Waals surface area contributed by atoms with Crippen molar-refractivity contribution in [3.63, 3.8) is 0 Å². The van der Waals surface area contributed by atoms with E-state index in [9.17, 15) is 4.39 Å². The van der Waals surface area contributed by atoms with Crippen molar-refractivity contribution in [1.82, 2.24) is 34.6 Å². The molecule has 1 fully saturated rings. The first-order valence-electron chi connectivity index (χ1n) is 9.57. The molecule has 29 heavy (non-hydrogen) atoms. The third kappa shape index (κ3) is 3.15. The Hall–Kier alpha value is -3.27. The molecule has 0 aromatic carbocycles. The van der Waals surface area contributed by atoms with E-state index in [1.165, 1.54) is 0 Å². The average molecular weight is 396 g/mol. The number of alkyl halides is 1. The Morgan fingerprint density at radius 1 is 1.31 bits per heavy atom. The van der Waals surface area contributed by atoms with Crippen LogP contribution in [-0.4, -0.2) is 67.1 Å². The number of hydrogen-bond acceptors (Lipinski definition) is 6. The van der Waals surface area contributed by atoms with Gasteiger partial charge >= 0.3 is 0 Å². The molecule has 5 rings (SSSR count). The first-order valence-corrected chi connectivity index (χ1v) is 9.57. The normalized spacial score (nSPS) is 17.3. The van der Waals surface area contributed by atoms with Crippen LogP contribution in [0.2, 0.25) is 0 Å². The fraction of sp³-hybridized carbons (Fsp3) is 0.368. The summed E-state index contributed by atoms with van der Waals surface area (Å²) in [5.41, 5.74) is 3.25. The summed E-state index contributed by atoms with van der Waals surface area (Å²) in [4.78, 5) is 6.79. The molecule has 1 aliphatic heterocycles. The fourth-order valence-corrected chi connectivity index (χ4v) is 3.66. The zero-order valence-electron chi connectivity index (χ0n) is 16.0. The Morgan fingerprint density at radius 3 is 3.03 bits per heavy atom. The lowest BCUT2D eigenvalue weighted by atomic mass is 10.1. The minimum atomic E-state index is -0.458. The van der Waals surface area contributed by atoms with Gasteiger partial charge in [-0.25, -0.2) is 13.9 Å². The van der Waals surface area contributed by atoms with E-state index < -0.39 is 6.67 Å². The summed E-state index contributed by atoms with van der Waals surface area (Å²) in [6.45, 7) is 3.95. The lowest BCUT2D eigenvalue weighted by Gasteiger charge is -2.34. The van der Waals surface area contributed by atoms with Crippen LogP contribution in [-0.2, 0) is 11.3 Å². The Labute approximate surface area is 166 Å². The summed E-state index contributed by atoms with van der Waals surface area (Å²) < 4.78 is 21.7. The van der Waals surface area contributed by atoms with Gasteiger partial charge in [0.05, 0.1) is 43.2 Å². The SMILES string of the molecule is CC1COCCN1c1cc(-c2ccn(CCF)n2)c2cnc(-c3ccn[nH]3)n2n1. The third-order valence-corrected chi connectivity index (χ3v) is 5.12. The van der Waals surface area contributed by atoms with Crippen molar-refractivity contribution in [1.29, 1.82) is 0 Å². The number of aryl methyl sites for hydroxylation is 1. The molecule has 0 bridgehead atoms. The summed E-state index contributed by atoms with van der Waals surface area (Å²) in [5.74, 6) is 1.49. The van der Waals surface area contributed by atoms with Gasteiger partial charge in [-0.2, -0.15) is 10.2 Å². The first-order chi connectivity index (χ1) is 14.2. The molecule has 1 saturated heterocycles. The van der Waals surface area contributed by atoms with E-state index in [0.29, 0.717) is 19.0 Å². The van der Waals surface area contributed by atoms with E-state index >= 15 is 0 Å². The van der Waals surface area contributed by atoms with Gasteiger partial charge in [-0.1, -0.05) is 0 Å². The highest BCUT2D eigenvalue weighted by molar-refractivity contribution is 5.81. The van der Waals surface area contributed by atoms with Gasteiger partial charge in [-0.05, 0) is 25.1 Å². The summed E-state index contributed by atoms with van der Waals surface area (Å²) in [5, 5.41) is 16.4. The molecule has 4 aromatic heterocycles. The molecule has 1 unspecified atom stereocenters. The predicted octanol–water partition coefficient (Wildman–Crippen LogP) is 2.18. The van der Waals surface area contributed by atoms with Gasteiger partial charge in [-0.3, -0.25) is 9.78 Å². The number of nitrogens with one attached hydrogen (secondary N) is 1. The molecule has 0 radical (unpaired) electrons. The molecule has 4 aromatic rings. The molecule has 0 amide bonds. The Morgan fingerprint density at radius 2 is 2.24 bits per heavy atom. The minimum Gasteiger partial charge on any atom is -0.377 e. The van der Waals surface area contributed by atoms with Crippen LogP contribution in [0.15, 0.2) is 36.8 Å². The van der Waals surface area contributed by atoms with Crippen molar-refractivity contribution in [2.45, 2.75) is 19.5 Å². The molecule has 5 heterocycles. The number of ether oxygens (including phenoxy) is 1.